The van der Waals surface area contributed by atoms with Gasteiger partial charge in [0.2, 0.25) is 0 Å². The molecule has 2 saturated carbocycles. The first kappa shape index (κ1) is 15.3. The van der Waals surface area contributed by atoms with Crippen molar-refractivity contribution in [2.75, 3.05) is 6.61 Å². The number of nitrogens with one attached hydrogen (secondary N) is 1. The largest absolute Gasteiger partial charge is 0.396 e. The molecule has 0 aliphatic heterocycles. The van der Waals surface area contributed by atoms with Crippen LogP contribution in [0.1, 0.15) is 71.6 Å². The Labute approximate surface area is 119 Å². The quantitative estimate of drug-likeness (QED) is 0.795. The Morgan fingerprint density at radius 3 is 2.58 bits per heavy atom. The van der Waals surface area contributed by atoms with Crippen LogP contribution < -0.4 is 5.32 Å². The van der Waals surface area contributed by atoms with Crippen molar-refractivity contribution in [2.24, 2.45) is 17.8 Å². The van der Waals surface area contributed by atoms with Crippen molar-refractivity contribution in [3.8, 4) is 0 Å². The number of hydrogen-bond donors (Lipinski definition) is 2. The predicted octanol–water partition coefficient (Wildman–Crippen LogP) is 3.73. The van der Waals surface area contributed by atoms with Crippen LogP contribution in [-0.4, -0.2) is 23.8 Å². The van der Waals surface area contributed by atoms with E-state index in [4.69, 9.17) is 0 Å². The zero-order chi connectivity index (χ0) is 13.7. The summed E-state index contributed by atoms with van der Waals surface area (Å²) in [6.07, 6.45) is 12.1. The fourth-order valence-electron chi connectivity index (χ4n) is 4.27. The van der Waals surface area contributed by atoms with Crippen LogP contribution in [0, 0.1) is 17.8 Å². The van der Waals surface area contributed by atoms with E-state index in [1.54, 1.807) is 0 Å². The Kier molecular flexibility index (Phi) is 6.15. The molecular formula is C17H33NO. The van der Waals surface area contributed by atoms with E-state index >= 15 is 0 Å². The zero-order valence-corrected chi connectivity index (χ0v) is 12.9. The second-order valence-corrected chi connectivity index (χ2v) is 7.36. The normalized spacial score (nSPS) is 36.6. The third kappa shape index (κ3) is 4.75. The molecule has 19 heavy (non-hydrogen) atoms. The predicted molar refractivity (Wildman–Crippen MR) is 81.2 cm³/mol. The molecule has 2 fully saturated rings. The Hall–Kier alpha value is -0.0800. The zero-order valence-electron chi connectivity index (χ0n) is 12.9. The van der Waals surface area contributed by atoms with Gasteiger partial charge in [0.05, 0.1) is 0 Å². The summed E-state index contributed by atoms with van der Waals surface area (Å²) < 4.78 is 0. The Morgan fingerprint density at radius 2 is 1.84 bits per heavy atom. The Morgan fingerprint density at radius 1 is 1.05 bits per heavy atom. The molecule has 0 aromatic carbocycles. The lowest BCUT2D eigenvalue weighted by Crippen LogP contribution is -2.47. The van der Waals surface area contributed by atoms with E-state index in [1.165, 1.54) is 57.8 Å². The summed E-state index contributed by atoms with van der Waals surface area (Å²) in [5.74, 6) is 2.28. The monoisotopic (exact) mass is 267 g/mol. The molecule has 0 bridgehead atoms. The lowest BCUT2D eigenvalue weighted by Gasteiger charge is -2.38. The molecule has 0 saturated heterocycles. The van der Waals surface area contributed by atoms with E-state index in [0.717, 1.165) is 17.9 Å². The van der Waals surface area contributed by atoms with E-state index < -0.39 is 0 Å². The van der Waals surface area contributed by atoms with Crippen LogP contribution in [0.3, 0.4) is 0 Å². The molecule has 0 amide bonds. The minimum atomic E-state index is 0.375. The number of hydrogen-bond acceptors (Lipinski definition) is 2. The summed E-state index contributed by atoms with van der Waals surface area (Å²) in [7, 11) is 0. The molecule has 2 rings (SSSR count). The molecule has 0 aromatic rings. The second-order valence-electron chi connectivity index (χ2n) is 7.36. The van der Waals surface area contributed by atoms with Gasteiger partial charge < -0.3 is 10.4 Å². The topological polar surface area (TPSA) is 32.3 Å². The van der Waals surface area contributed by atoms with E-state index in [-0.39, 0.29) is 0 Å². The van der Waals surface area contributed by atoms with Crippen LogP contribution in [0.15, 0.2) is 0 Å². The van der Waals surface area contributed by atoms with E-state index in [1.807, 2.05) is 0 Å². The molecule has 2 heteroatoms. The molecule has 4 unspecified atom stereocenters. The molecular weight excluding hydrogens is 234 g/mol. The molecule has 2 nitrogen and oxygen atoms in total. The van der Waals surface area contributed by atoms with Crippen molar-refractivity contribution in [3.05, 3.63) is 0 Å². The van der Waals surface area contributed by atoms with Crippen molar-refractivity contribution < 1.29 is 5.11 Å². The van der Waals surface area contributed by atoms with Gasteiger partial charge in [-0.1, -0.05) is 39.5 Å². The Balaban J connectivity index is 1.80. The van der Waals surface area contributed by atoms with E-state index in [2.05, 4.69) is 19.2 Å². The maximum atomic E-state index is 9.52. The van der Waals surface area contributed by atoms with Gasteiger partial charge in [0.1, 0.15) is 0 Å². The molecule has 2 aliphatic rings. The highest BCUT2D eigenvalue weighted by molar-refractivity contribution is 4.86. The van der Waals surface area contributed by atoms with E-state index in [9.17, 15) is 5.11 Å². The van der Waals surface area contributed by atoms with Gasteiger partial charge in [-0.05, 0) is 49.9 Å². The van der Waals surface area contributed by atoms with Gasteiger partial charge in [-0.15, -0.1) is 0 Å². The fourth-order valence-corrected chi connectivity index (χ4v) is 4.27. The summed E-state index contributed by atoms with van der Waals surface area (Å²) in [6, 6.07) is 1.30. The molecule has 2 aliphatic carbocycles. The van der Waals surface area contributed by atoms with Crippen LogP contribution in [0.25, 0.3) is 0 Å². The standard InChI is InChI=1S/C17H33NO/c1-13(2)10-14-6-5-8-16(11-14)18-17-9-4-3-7-15(17)12-19/h13-19H,3-12H2,1-2H3. The molecule has 0 aromatic heterocycles. The second kappa shape index (κ2) is 7.64. The third-order valence-electron chi connectivity index (χ3n) is 5.18. The summed E-state index contributed by atoms with van der Waals surface area (Å²) >= 11 is 0. The highest BCUT2D eigenvalue weighted by Gasteiger charge is 2.29. The number of aliphatic hydroxyl groups is 1. The lowest BCUT2D eigenvalue weighted by molar-refractivity contribution is 0.133. The van der Waals surface area contributed by atoms with Gasteiger partial charge in [0, 0.05) is 18.7 Å². The number of rotatable bonds is 5. The SMILES string of the molecule is CC(C)CC1CCCC(NC2CCCCC2CO)C1. The molecule has 2 N–H and O–H groups in total. The van der Waals surface area contributed by atoms with Crippen molar-refractivity contribution in [3.63, 3.8) is 0 Å². The smallest absolute Gasteiger partial charge is 0.0474 e. The highest BCUT2D eigenvalue weighted by atomic mass is 16.3. The van der Waals surface area contributed by atoms with Crippen LogP contribution in [0.4, 0.5) is 0 Å². The summed E-state index contributed by atoms with van der Waals surface area (Å²) in [6.45, 7) is 5.07. The first-order valence-electron chi connectivity index (χ1n) is 8.56. The van der Waals surface area contributed by atoms with Crippen LogP contribution in [0.2, 0.25) is 0 Å². The van der Waals surface area contributed by atoms with Gasteiger partial charge >= 0.3 is 0 Å². The van der Waals surface area contributed by atoms with Gasteiger partial charge in [-0.25, -0.2) is 0 Å². The first-order valence-corrected chi connectivity index (χ1v) is 8.56. The van der Waals surface area contributed by atoms with Crippen molar-refractivity contribution >= 4 is 0 Å². The van der Waals surface area contributed by atoms with Crippen molar-refractivity contribution in [1.82, 2.24) is 5.32 Å². The van der Waals surface area contributed by atoms with Crippen molar-refractivity contribution in [2.45, 2.75) is 83.7 Å². The molecule has 112 valence electrons. The molecule has 4 atom stereocenters. The Bertz CT molecular complexity index is 254. The maximum Gasteiger partial charge on any atom is 0.0474 e. The average Bonchev–Trinajstić information content (AvgIpc) is 2.39. The summed E-state index contributed by atoms with van der Waals surface area (Å²) in [4.78, 5) is 0. The average molecular weight is 267 g/mol. The van der Waals surface area contributed by atoms with Gasteiger partial charge in [-0.2, -0.15) is 0 Å². The highest BCUT2D eigenvalue weighted by Crippen LogP contribution is 2.31. The minimum Gasteiger partial charge on any atom is -0.396 e. The van der Waals surface area contributed by atoms with Gasteiger partial charge in [-0.3, -0.25) is 0 Å². The summed E-state index contributed by atoms with van der Waals surface area (Å²) in [5.41, 5.74) is 0. The maximum absolute atomic E-state index is 9.52. The molecule has 0 heterocycles. The van der Waals surface area contributed by atoms with Crippen LogP contribution in [0.5, 0.6) is 0 Å². The third-order valence-corrected chi connectivity index (χ3v) is 5.18. The van der Waals surface area contributed by atoms with Crippen LogP contribution in [-0.2, 0) is 0 Å². The van der Waals surface area contributed by atoms with Gasteiger partial charge in [0.15, 0.2) is 0 Å². The molecule has 0 radical (unpaired) electrons. The van der Waals surface area contributed by atoms with Crippen LogP contribution >= 0.6 is 0 Å². The fraction of sp³-hybridized carbons (Fsp3) is 1.00. The summed E-state index contributed by atoms with van der Waals surface area (Å²) in [5, 5.41) is 13.4. The van der Waals surface area contributed by atoms with Crippen molar-refractivity contribution in [1.29, 1.82) is 0 Å². The lowest BCUT2D eigenvalue weighted by atomic mass is 9.79. The first-order chi connectivity index (χ1) is 9.19. The number of aliphatic hydroxyl groups excluding tert-OH is 1. The van der Waals surface area contributed by atoms with E-state index in [0.29, 0.717) is 18.6 Å². The van der Waals surface area contributed by atoms with Gasteiger partial charge in [0.25, 0.3) is 0 Å². The molecule has 0 spiro atoms. The minimum absolute atomic E-state index is 0.375.